The Bertz CT molecular complexity index is 484. The number of halogens is 1. The summed E-state index contributed by atoms with van der Waals surface area (Å²) in [6, 6.07) is 1.38. The highest BCUT2D eigenvalue weighted by atomic mass is 35.5. The van der Waals surface area contributed by atoms with Crippen molar-refractivity contribution in [3.05, 3.63) is 22.8 Å². The maximum absolute atomic E-state index is 11.0. The van der Waals surface area contributed by atoms with Gasteiger partial charge >= 0.3 is 5.97 Å². The van der Waals surface area contributed by atoms with E-state index in [1.54, 1.807) is 0 Å². The number of anilines is 1. The molecule has 1 aliphatic heterocycles. The van der Waals surface area contributed by atoms with Crippen LogP contribution in [0.25, 0.3) is 0 Å². The number of aromatic carboxylic acids is 1. The molecule has 1 atom stereocenters. The molecule has 2 rings (SSSR count). The van der Waals surface area contributed by atoms with Gasteiger partial charge in [-0.1, -0.05) is 18.5 Å². The van der Waals surface area contributed by atoms with E-state index in [2.05, 4.69) is 22.1 Å². The molecule has 20 heavy (non-hydrogen) atoms. The van der Waals surface area contributed by atoms with Gasteiger partial charge in [0.15, 0.2) is 0 Å². The second-order valence-corrected chi connectivity index (χ2v) is 4.97. The number of likely N-dealkylation sites (N-methyl/N-ethyl adjacent to an activating group) is 1. The predicted octanol–water partition coefficient (Wildman–Crippen LogP) is 1.57. The fraction of sp³-hybridized carbons (Fsp3) is 0.538. The number of morpholine rings is 1. The molecule has 1 aromatic heterocycles. The lowest BCUT2D eigenvalue weighted by molar-refractivity contribution is -0.0192. The molecule has 2 N–H and O–H groups in total. The second-order valence-electron chi connectivity index (χ2n) is 4.59. The van der Waals surface area contributed by atoms with Gasteiger partial charge in [-0.25, -0.2) is 9.78 Å². The Morgan fingerprint density at radius 1 is 1.70 bits per heavy atom. The minimum absolute atomic E-state index is 0.0453. The molecule has 0 aromatic carbocycles. The molecule has 2 heterocycles. The van der Waals surface area contributed by atoms with Gasteiger partial charge in [0.05, 0.1) is 23.3 Å². The maximum Gasteiger partial charge on any atom is 0.337 e. The molecular weight excluding hydrogens is 282 g/mol. The monoisotopic (exact) mass is 299 g/mol. The van der Waals surface area contributed by atoms with Crippen molar-refractivity contribution in [1.82, 2.24) is 9.88 Å². The summed E-state index contributed by atoms with van der Waals surface area (Å²) < 4.78 is 5.66. The van der Waals surface area contributed by atoms with Gasteiger partial charge in [-0.05, 0) is 12.6 Å². The van der Waals surface area contributed by atoms with Gasteiger partial charge in [0.2, 0.25) is 0 Å². The zero-order valence-corrected chi connectivity index (χ0v) is 12.1. The number of hydrogen-bond donors (Lipinski definition) is 2. The molecule has 1 aromatic rings. The van der Waals surface area contributed by atoms with Crippen LogP contribution in [-0.4, -0.2) is 59.8 Å². The summed E-state index contributed by atoms with van der Waals surface area (Å²) in [5, 5.41) is 12.2. The van der Waals surface area contributed by atoms with Gasteiger partial charge < -0.3 is 15.2 Å². The third-order valence-electron chi connectivity index (χ3n) is 3.29. The van der Waals surface area contributed by atoms with Crippen molar-refractivity contribution in [2.45, 2.75) is 13.0 Å². The van der Waals surface area contributed by atoms with E-state index >= 15 is 0 Å². The Hall–Kier alpha value is -1.37. The SMILES string of the molecule is CCN1CCOC(CNc2nccc(C(=O)O)c2Cl)C1. The van der Waals surface area contributed by atoms with E-state index in [-0.39, 0.29) is 16.7 Å². The molecular formula is C13H18ClN3O3. The molecule has 0 amide bonds. The van der Waals surface area contributed by atoms with Crippen molar-refractivity contribution in [3.63, 3.8) is 0 Å². The number of aromatic nitrogens is 1. The predicted molar refractivity (Wildman–Crippen MR) is 76.6 cm³/mol. The van der Waals surface area contributed by atoms with Crippen LogP contribution < -0.4 is 5.32 Å². The number of rotatable bonds is 5. The number of carbonyl (C=O) groups is 1. The number of carboxylic acid groups (broad SMARTS) is 1. The van der Waals surface area contributed by atoms with Crippen LogP contribution in [-0.2, 0) is 4.74 Å². The van der Waals surface area contributed by atoms with Crippen LogP contribution in [0.1, 0.15) is 17.3 Å². The lowest BCUT2D eigenvalue weighted by Gasteiger charge is -2.32. The highest BCUT2D eigenvalue weighted by Crippen LogP contribution is 2.23. The molecule has 110 valence electrons. The van der Waals surface area contributed by atoms with Crippen molar-refractivity contribution in [2.24, 2.45) is 0 Å². The third-order valence-corrected chi connectivity index (χ3v) is 3.67. The summed E-state index contributed by atoms with van der Waals surface area (Å²) in [6.45, 7) is 6.15. The number of carboxylic acids is 1. The minimum atomic E-state index is -1.06. The number of pyridine rings is 1. The Balaban J connectivity index is 1.97. The van der Waals surface area contributed by atoms with E-state index < -0.39 is 5.97 Å². The summed E-state index contributed by atoms with van der Waals surface area (Å²) in [7, 11) is 0. The van der Waals surface area contributed by atoms with Crippen LogP contribution in [0.2, 0.25) is 5.02 Å². The summed E-state index contributed by atoms with van der Waals surface area (Å²) in [5.41, 5.74) is 0.0453. The Labute approximate surface area is 122 Å². The first-order valence-corrected chi connectivity index (χ1v) is 6.95. The fourth-order valence-corrected chi connectivity index (χ4v) is 2.39. The van der Waals surface area contributed by atoms with Crippen LogP contribution in [0, 0.1) is 0 Å². The zero-order chi connectivity index (χ0) is 14.5. The summed E-state index contributed by atoms with van der Waals surface area (Å²) in [5.74, 6) is -0.685. The number of hydrogen-bond acceptors (Lipinski definition) is 5. The highest BCUT2D eigenvalue weighted by molar-refractivity contribution is 6.35. The van der Waals surface area contributed by atoms with E-state index in [0.29, 0.717) is 19.0 Å². The minimum Gasteiger partial charge on any atom is -0.478 e. The quantitative estimate of drug-likeness (QED) is 0.859. The Morgan fingerprint density at radius 3 is 3.20 bits per heavy atom. The summed E-state index contributed by atoms with van der Waals surface area (Å²) >= 11 is 6.02. The second kappa shape index (κ2) is 6.88. The highest BCUT2D eigenvalue weighted by Gasteiger charge is 2.20. The molecule has 1 saturated heterocycles. The average molecular weight is 300 g/mol. The first-order chi connectivity index (χ1) is 9.61. The molecule has 0 radical (unpaired) electrons. The van der Waals surface area contributed by atoms with Crippen LogP contribution in [0.3, 0.4) is 0 Å². The average Bonchev–Trinajstić information content (AvgIpc) is 2.46. The van der Waals surface area contributed by atoms with Crippen molar-refractivity contribution in [1.29, 1.82) is 0 Å². The van der Waals surface area contributed by atoms with Crippen LogP contribution in [0.4, 0.5) is 5.82 Å². The van der Waals surface area contributed by atoms with Gasteiger partial charge in [0.1, 0.15) is 5.82 Å². The van der Waals surface area contributed by atoms with E-state index in [0.717, 1.165) is 19.6 Å². The molecule has 6 nitrogen and oxygen atoms in total. The smallest absolute Gasteiger partial charge is 0.337 e. The zero-order valence-electron chi connectivity index (χ0n) is 11.3. The maximum atomic E-state index is 11.0. The molecule has 0 saturated carbocycles. The van der Waals surface area contributed by atoms with E-state index in [1.165, 1.54) is 12.3 Å². The topological polar surface area (TPSA) is 74.7 Å². The number of nitrogens with one attached hydrogen (secondary N) is 1. The Morgan fingerprint density at radius 2 is 2.50 bits per heavy atom. The lowest BCUT2D eigenvalue weighted by atomic mass is 10.2. The third kappa shape index (κ3) is 3.59. The van der Waals surface area contributed by atoms with E-state index in [4.69, 9.17) is 21.4 Å². The summed E-state index contributed by atoms with van der Waals surface area (Å²) in [6.07, 6.45) is 1.48. The molecule has 1 aliphatic rings. The van der Waals surface area contributed by atoms with Gasteiger partial charge in [0.25, 0.3) is 0 Å². The van der Waals surface area contributed by atoms with Gasteiger partial charge in [-0.2, -0.15) is 0 Å². The standard InChI is InChI=1S/C13H18ClN3O3/c1-2-17-5-6-20-9(8-17)7-16-12-11(14)10(13(18)19)3-4-15-12/h3-4,9H,2,5-8H2,1H3,(H,15,16)(H,18,19). The molecule has 1 unspecified atom stereocenters. The van der Waals surface area contributed by atoms with Crippen molar-refractivity contribution < 1.29 is 14.6 Å². The largest absolute Gasteiger partial charge is 0.478 e. The van der Waals surface area contributed by atoms with Gasteiger partial charge in [-0.15, -0.1) is 0 Å². The van der Waals surface area contributed by atoms with Gasteiger partial charge in [-0.3, -0.25) is 4.90 Å². The molecule has 7 heteroatoms. The fourth-order valence-electron chi connectivity index (χ4n) is 2.13. The first-order valence-electron chi connectivity index (χ1n) is 6.57. The van der Waals surface area contributed by atoms with Crippen molar-refractivity contribution in [3.8, 4) is 0 Å². The molecule has 0 bridgehead atoms. The van der Waals surface area contributed by atoms with Crippen LogP contribution in [0.15, 0.2) is 12.3 Å². The van der Waals surface area contributed by atoms with Crippen LogP contribution >= 0.6 is 11.6 Å². The lowest BCUT2D eigenvalue weighted by Crippen LogP contribution is -2.45. The van der Waals surface area contributed by atoms with Crippen molar-refractivity contribution >= 4 is 23.4 Å². The molecule has 0 aliphatic carbocycles. The van der Waals surface area contributed by atoms with Crippen molar-refractivity contribution in [2.75, 3.05) is 38.1 Å². The van der Waals surface area contributed by atoms with E-state index in [9.17, 15) is 4.79 Å². The summed E-state index contributed by atoms with van der Waals surface area (Å²) in [4.78, 5) is 17.4. The number of ether oxygens (including phenoxy) is 1. The first kappa shape index (κ1) is 15.0. The molecule has 1 fully saturated rings. The van der Waals surface area contributed by atoms with E-state index in [1.807, 2.05) is 0 Å². The van der Waals surface area contributed by atoms with Crippen LogP contribution in [0.5, 0.6) is 0 Å². The number of nitrogens with zero attached hydrogens (tertiary/aromatic N) is 2. The Kier molecular flexibility index (Phi) is 5.17. The normalized spacial score (nSPS) is 19.8. The molecule has 0 spiro atoms. The van der Waals surface area contributed by atoms with Gasteiger partial charge in [0, 0.05) is 25.8 Å².